The Labute approximate surface area is 154 Å². The predicted octanol–water partition coefficient (Wildman–Crippen LogP) is 3.79. The number of morpholine rings is 1. The zero-order chi connectivity index (χ0) is 18.4. The fourth-order valence-electron chi connectivity index (χ4n) is 3.11. The van der Waals surface area contributed by atoms with Crippen LogP contribution in [0.5, 0.6) is 5.75 Å². The lowest BCUT2D eigenvalue weighted by molar-refractivity contribution is 0.0384. The summed E-state index contributed by atoms with van der Waals surface area (Å²) in [4.78, 5) is 14.6. The summed E-state index contributed by atoms with van der Waals surface area (Å²) in [6.07, 6.45) is 0.481. The summed E-state index contributed by atoms with van der Waals surface area (Å²) in [7, 11) is 0. The maximum absolute atomic E-state index is 12.1. The SMILES string of the molecule is Cc1cc(NC(=O)Oc2ccccc2)cc(CCN2CCOCC2)c1C. The summed E-state index contributed by atoms with van der Waals surface area (Å²) in [6, 6.07) is 13.1. The third kappa shape index (κ3) is 5.07. The largest absolute Gasteiger partial charge is 0.417 e. The third-order valence-corrected chi connectivity index (χ3v) is 4.78. The van der Waals surface area contributed by atoms with Crippen molar-refractivity contribution in [1.82, 2.24) is 4.90 Å². The number of nitrogens with zero attached hydrogens (tertiary/aromatic N) is 1. The molecule has 0 aromatic heterocycles. The number of ether oxygens (including phenoxy) is 2. The van der Waals surface area contributed by atoms with Gasteiger partial charge in [-0.15, -0.1) is 0 Å². The van der Waals surface area contributed by atoms with Gasteiger partial charge in [0.25, 0.3) is 0 Å². The highest BCUT2D eigenvalue weighted by atomic mass is 16.6. The van der Waals surface area contributed by atoms with Crippen LogP contribution >= 0.6 is 0 Å². The molecule has 1 fully saturated rings. The van der Waals surface area contributed by atoms with Crippen molar-refractivity contribution in [2.75, 3.05) is 38.2 Å². The Hall–Kier alpha value is -2.37. The number of nitrogens with one attached hydrogen (secondary N) is 1. The van der Waals surface area contributed by atoms with Gasteiger partial charge in [0.05, 0.1) is 13.2 Å². The van der Waals surface area contributed by atoms with Gasteiger partial charge >= 0.3 is 6.09 Å². The molecule has 0 saturated carbocycles. The Morgan fingerprint density at radius 1 is 1.15 bits per heavy atom. The summed E-state index contributed by atoms with van der Waals surface area (Å²) in [5.74, 6) is 0.529. The van der Waals surface area contributed by atoms with Gasteiger partial charge in [-0.1, -0.05) is 18.2 Å². The minimum Gasteiger partial charge on any atom is -0.410 e. The number of hydrogen-bond donors (Lipinski definition) is 1. The highest BCUT2D eigenvalue weighted by Crippen LogP contribution is 2.21. The second kappa shape index (κ2) is 8.83. The first-order valence-electron chi connectivity index (χ1n) is 9.06. The highest BCUT2D eigenvalue weighted by molar-refractivity contribution is 5.86. The van der Waals surface area contributed by atoms with Gasteiger partial charge < -0.3 is 9.47 Å². The van der Waals surface area contributed by atoms with E-state index in [0.29, 0.717) is 5.75 Å². The van der Waals surface area contributed by atoms with E-state index in [0.717, 1.165) is 45.0 Å². The molecule has 2 aromatic rings. The van der Waals surface area contributed by atoms with Crippen LogP contribution in [0.1, 0.15) is 16.7 Å². The van der Waals surface area contributed by atoms with E-state index >= 15 is 0 Å². The number of benzene rings is 2. The summed E-state index contributed by atoms with van der Waals surface area (Å²) < 4.78 is 10.7. The number of rotatable bonds is 5. The van der Waals surface area contributed by atoms with Gasteiger partial charge in [0, 0.05) is 25.3 Å². The number of carbonyl (C=O) groups is 1. The zero-order valence-corrected chi connectivity index (χ0v) is 15.5. The molecule has 1 N–H and O–H groups in total. The Morgan fingerprint density at radius 2 is 1.88 bits per heavy atom. The van der Waals surface area contributed by atoms with E-state index in [1.165, 1.54) is 16.7 Å². The van der Waals surface area contributed by atoms with Gasteiger partial charge in [0.2, 0.25) is 0 Å². The summed E-state index contributed by atoms with van der Waals surface area (Å²) in [5, 5.41) is 2.84. The molecule has 0 aliphatic carbocycles. The lowest BCUT2D eigenvalue weighted by Gasteiger charge is -2.27. The lowest BCUT2D eigenvalue weighted by Crippen LogP contribution is -2.37. The van der Waals surface area contributed by atoms with Crippen molar-refractivity contribution in [3.63, 3.8) is 0 Å². The summed E-state index contributed by atoms with van der Waals surface area (Å²) in [5.41, 5.74) is 4.47. The molecular weight excluding hydrogens is 328 g/mol. The molecule has 0 spiro atoms. The Balaban J connectivity index is 1.63. The maximum Gasteiger partial charge on any atom is 0.417 e. The number of carbonyl (C=O) groups excluding carboxylic acids is 1. The molecule has 3 rings (SSSR count). The van der Waals surface area contributed by atoms with E-state index in [4.69, 9.17) is 9.47 Å². The molecule has 1 aliphatic rings. The number of hydrogen-bond acceptors (Lipinski definition) is 4. The van der Waals surface area contributed by atoms with Crippen molar-refractivity contribution >= 4 is 11.8 Å². The summed E-state index contributed by atoms with van der Waals surface area (Å²) in [6.45, 7) is 8.80. The van der Waals surface area contributed by atoms with Crippen molar-refractivity contribution in [2.45, 2.75) is 20.3 Å². The first kappa shape index (κ1) is 18.4. The van der Waals surface area contributed by atoms with Gasteiger partial charge in [0.1, 0.15) is 5.75 Å². The molecule has 0 radical (unpaired) electrons. The van der Waals surface area contributed by atoms with Gasteiger partial charge in [-0.25, -0.2) is 4.79 Å². The van der Waals surface area contributed by atoms with E-state index in [2.05, 4.69) is 30.1 Å². The van der Waals surface area contributed by atoms with Crippen molar-refractivity contribution in [2.24, 2.45) is 0 Å². The monoisotopic (exact) mass is 354 g/mol. The van der Waals surface area contributed by atoms with E-state index < -0.39 is 6.09 Å². The Morgan fingerprint density at radius 3 is 2.62 bits per heavy atom. The van der Waals surface area contributed by atoms with Gasteiger partial charge in [0.15, 0.2) is 0 Å². The molecule has 0 atom stereocenters. The van der Waals surface area contributed by atoms with Crippen LogP contribution in [0.3, 0.4) is 0 Å². The molecule has 5 heteroatoms. The van der Waals surface area contributed by atoms with Crippen molar-refractivity contribution < 1.29 is 14.3 Å². The standard InChI is InChI=1S/C21H26N2O3/c1-16-14-19(22-21(24)26-20-6-4-3-5-7-20)15-18(17(16)2)8-9-23-10-12-25-13-11-23/h3-7,14-15H,8-13H2,1-2H3,(H,22,24). The quantitative estimate of drug-likeness (QED) is 0.888. The molecule has 0 unspecified atom stereocenters. The topological polar surface area (TPSA) is 50.8 Å². The van der Waals surface area contributed by atoms with E-state index in [-0.39, 0.29) is 0 Å². The molecule has 1 aliphatic heterocycles. The average molecular weight is 354 g/mol. The number of aryl methyl sites for hydroxylation is 1. The molecule has 26 heavy (non-hydrogen) atoms. The number of para-hydroxylation sites is 1. The van der Waals surface area contributed by atoms with Crippen LogP contribution in [-0.4, -0.2) is 43.8 Å². The van der Waals surface area contributed by atoms with Crippen molar-refractivity contribution in [3.8, 4) is 5.75 Å². The fourth-order valence-corrected chi connectivity index (χ4v) is 3.11. The van der Waals surface area contributed by atoms with Crippen molar-refractivity contribution in [3.05, 3.63) is 59.2 Å². The Kier molecular flexibility index (Phi) is 6.26. The van der Waals surface area contributed by atoms with Crippen LogP contribution in [0.4, 0.5) is 10.5 Å². The molecule has 1 amide bonds. The van der Waals surface area contributed by atoms with Gasteiger partial charge in [-0.05, 0) is 61.2 Å². The van der Waals surface area contributed by atoms with Crippen molar-refractivity contribution in [1.29, 1.82) is 0 Å². The van der Waals surface area contributed by atoms with Gasteiger partial charge in [-0.2, -0.15) is 0 Å². The number of anilines is 1. The smallest absolute Gasteiger partial charge is 0.410 e. The molecule has 0 bridgehead atoms. The summed E-state index contributed by atoms with van der Waals surface area (Å²) >= 11 is 0. The fraction of sp³-hybridized carbons (Fsp3) is 0.381. The Bertz CT molecular complexity index is 740. The molecule has 2 aromatic carbocycles. The van der Waals surface area contributed by atoms with Crippen LogP contribution < -0.4 is 10.1 Å². The lowest BCUT2D eigenvalue weighted by atomic mass is 9.99. The van der Waals surface area contributed by atoms with Gasteiger partial charge in [-0.3, -0.25) is 10.2 Å². The van der Waals surface area contributed by atoms with Crippen LogP contribution in [0.2, 0.25) is 0 Å². The maximum atomic E-state index is 12.1. The second-order valence-electron chi connectivity index (χ2n) is 6.61. The van der Waals surface area contributed by atoms with E-state index in [9.17, 15) is 4.79 Å². The first-order chi connectivity index (χ1) is 12.6. The van der Waals surface area contributed by atoms with Crippen LogP contribution in [0.15, 0.2) is 42.5 Å². The molecule has 138 valence electrons. The van der Waals surface area contributed by atoms with Crippen LogP contribution in [-0.2, 0) is 11.2 Å². The third-order valence-electron chi connectivity index (χ3n) is 4.78. The molecule has 5 nitrogen and oxygen atoms in total. The minimum atomic E-state index is -0.474. The number of amides is 1. The first-order valence-corrected chi connectivity index (χ1v) is 9.06. The molecule has 1 saturated heterocycles. The normalized spacial score (nSPS) is 14.8. The minimum absolute atomic E-state index is 0.474. The highest BCUT2D eigenvalue weighted by Gasteiger charge is 2.13. The molecule has 1 heterocycles. The zero-order valence-electron chi connectivity index (χ0n) is 15.5. The second-order valence-corrected chi connectivity index (χ2v) is 6.61. The predicted molar refractivity (Wildman–Crippen MR) is 103 cm³/mol. The van der Waals surface area contributed by atoms with Crippen LogP contribution in [0.25, 0.3) is 0 Å². The van der Waals surface area contributed by atoms with E-state index in [1.54, 1.807) is 12.1 Å². The van der Waals surface area contributed by atoms with Crippen LogP contribution in [0, 0.1) is 13.8 Å². The average Bonchev–Trinajstić information content (AvgIpc) is 2.65. The van der Waals surface area contributed by atoms with E-state index in [1.807, 2.05) is 24.3 Å². The molecular formula is C21H26N2O3.